The minimum atomic E-state index is -0.277. The van der Waals surface area contributed by atoms with Gasteiger partial charge in [-0.05, 0) is 50.8 Å². The lowest BCUT2D eigenvalue weighted by Gasteiger charge is -2.36. The first-order chi connectivity index (χ1) is 13.1. The summed E-state index contributed by atoms with van der Waals surface area (Å²) in [6.07, 6.45) is 2.33. The zero-order valence-electron chi connectivity index (χ0n) is 16.1. The maximum Gasteiger partial charge on any atom is 0.409 e. The van der Waals surface area contributed by atoms with Gasteiger partial charge in [0, 0.05) is 48.7 Å². The van der Waals surface area contributed by atoms with Crippen LogP contribution in [0.5, 0.6) is 0 Å². The first kappa shape index (κ1) is 17.9. The van der Waals surface area contributed by atoms with Gasteiger partial charge >= 0.3 is 6.09 Å². The van der Waals surface area contributed by atoms with Crippen molar-refractivity contribution in [2.75, 3.05) is 32.8 Å². The van der Waals surface area contributed by atoms with Gasteiger partial charge in [-0.15, -0.1) is 0 Å². The predicted octanol–water partition coefficient (Wildman–Crippen LogP) is 2.88. The van der Waals surface area contributed by atoms with Crippen LogP contribution in [0.3, 0.4) is 0 Å². The number of ether oxygens (including phenoxy) is 1. The van der Waals surface area contributed by atoms with Gasteiger partial charge in [-0.3, -0.25) is 4.79 Å². The Morgan fingerprint density at radius 2 is 1.93 bits per heavy atom. The Morgan fingerprint density at radius 1 is 1.19 bits per heavy atom. The lowest BCUT2D eigenvalue weighted by Crippen LogP contribution is -2.52. The van der Waals surface area contributed by atoms with Crippen LogP contribution in [0.2, 0.25) is 0 Å². The van der Waals surface area contributed by atoms with Crippen molar-refractivity contribution in [2.24, 2.45) is 5.92 Å². The van der Waals surface area contributed by atoms with E-state index in [1.807, 2.05) is 4.90 Å². The number of nitrogens with zero attached hydrogens (tertiary/aromatic N) is 2. The zero-order chi connectivity index (χ0) is 19.0. The first-order valence-electron chi connectivity index (χ1n) is 9.87. The Bertz CT molecular complexity index is 865. The average molecular weight is 369 g/mol. The van der Waals surface area contributed by atoms with E-state index in [0.717, 1.165) is 19.3 Å². The normalized spacial score (nSPS) is 19.9. The fourth-order valence-corrected chi connectivity index (χ4v) is 4.32. The van der Waals surface area contributed by atoms with Gasteiger partial charge in [-0.25, -0.2) is 4.79 Å². The number of carbonyl (C=O) groups is 2. The number of piperazine rings is 1. The molecule has 0 spiro atoms. The summed E-state index contributed by atoms with van der Waals surface area (Å²) in [5, 5.41) is 1.26. The van der Waals surface area contributed by atoms with Crippen LogP contribution in [0.4, 0.5) is 4.79 Å². The molecule has 0 saturated carbocycles. The number of amides is 2. The third kappa shape index (κ3) is 3.40. The van der Waals surface area contributed by atoms with Crippen molar-refractivity contribution >= 4 is 22.9 Å². The van der Waals surface area contributed by atoms with Gasteiger partial charge in [0.05, 0.1) is 6.61 Å². The molecule has 2 amide bonds. The number of fused-ring (bicyclic) bond motifs is 3. The second kappa shape index (κ2) is 7.25. The molecule has 1 N–H and O–H groups in total. The van der Waals surface area contributed by atoms with Gasteiger partial charge in [0.1, 0.15) is 0 Å². The maximum atomic E-state index is 13.1. The minimum Gasteiger partial charge on any atom is -0.450 e. The fraction of sp³-hybridized carbons (Fsp3) is 0.524. The topological polar surface area (TPSA) is 65.6 Å². The van der Waals surface area contributed by atoms with Gasteiger partial charge in [0.15, 0.2) is 0 Å². The van der Waals surface area contributed by atoms with E-state index < -0.39 is 0 Å². The highest BCUT2D eigenvalue weighted by Gasteiger charge is 2.32. The second-order valence-electron chi connectivity index (χ2n) is 7.58. The summed E-state index contributed by atoms with van der Waals surface area (Å²) in [4.78, 5) is 32.0. The van der Waals surface area contributed by atoms with E-state index >= 15 is 0 Å². The number of aryl methyl sites for hydroxylation is 2. The Kier molecular flexibility index (Phi) is 4.81. The van der Waals surface area contributed by atoms with Crippen LogP contribution < -0.4 is 0 Å². The Hall–Kier alpha value is -2.50. The Balaban J connectivity index is 1.43. The highest BCUT2D eigenvalue weighted by atomic mass is 16.6. The molecular formula is C21H27N3O3. The van der Waals surface area contributed by atoms with Crippen LogP contribution in [0, 0.1) is 12.8 Å². The van der Waals surface area contributed by atoms with Gasteiger partial charge < -0.3 is 19.5 Å². The van der Waals surface area contributed by atoms with Crippen molar-refractivity contribution in [3.8, 4) is 0 Å². The molecule has 1 atom stereocenters. The molecule has 0 bridgehead atoms. The van der Waals surface area contributed by atoms with E-state index in [9.17, 15) is 9.59 Å². The molecule has 6 nitrogen and oxygen atoms in total. The smallest absolute Gasteiger partial charge is 0.409 e. The standard InChI is InChI=1S/C21H27N3O3/c1-3-27-21(26)24-10-8-23(9-11-24)20(25)15-5-7-19-17(13-15)16-12-14(2)4-6-18(16)22-19/h4,6,12,15,22H,3,5,7-11,13H2,1-2H3. The maximum absolute atomic E-state index is 13.1. The summed E-state index contributed by atoms with van der Waals surface area (Å²) in [5.74, 6) is 0.261. The third-order valence-corrected chi connectivity index (χ3v) is 5.81. The minimum absolute atomic E-state index is 0.0335. The van der Waals surface area contributed by atoms with Gasteiger partial charge in [-0.2, -0.15) is 0 Å². The summed E-state index contributed by atoms with van der Waals surface area (Å²) >= 11 is 0. The van der Waals surface area contributed by atoms with Crippen LogP contribution >= 0.6 is 0 Å². The van der Waals surface area contributed by atoms with Crippen molar-refractivity contribution in [1.82, 2.24) is 14.8 Å². The number of hydrogen-bond acceptors (Lipinski definition) is 3. The number of H-pyrrole nitrogens is 1. The molecule has 2 aliphatic rings. The Morgan fingerprint density at radius 3 is 2.67 bits per heavy atom. The van der Waals surface area contributed by atoms with Crippen LogP contribution in [0.15, 0.2) is 18.2 Å². The molecule has 4 rings (SSSR count). The summed E-state index contributed by atoms with van der Waals surface area (Å²) in [6.45, 7) is 6.58. The molecule has 1 aromatic heterocycles. The van der Waals surface area contributed by atoms with Gasteiger partial charge in [0.2, 0.25) is 5.91 Å². The third-order valence-electron chi connectivity index (χ3n) is 5.81. The molecule has 1 aliphatic heterocycles. The van der Waals surface area contributed by atoms with Crippen molar-refractivity contribution < 1.29 is 14.3 Å². The molecule has 1 saturated heterocycles. The lowest BCUT2D eigenvalue weighted by atomic mass is 9.85. The molecule has 1 unspecified atom stereocenters. The summed E-state index contributed by atoms with van der Waals surface area (Å²) < 4.78 is 5.05. The Labute approximate surface area is 159 Å². The number of nitrogens with one attached hydrogen (secondary N) is 1. The highest BCUT2D eigenvalue weighted by Crippen LogP contribution is 2.33. The molecule has 2 aromatic rings. The largest absolute Gasteiger partial charge is 0.450 e. The van der Waals surface area contributed by atoms with Crippen molar-refractivity contribution in [2.45, 2.75) is 33.1 Å². The quantitative estimate of drug-likeness (QED) is 0.885. The van der Waals surface area contributed by atoms with Gasteiger partial charge in [-0.1, -0.05) is 11.6 Å². The van der Waals surface area contributed by atoms with E-state index in [-0.39, 0.29) is 17.9 Å². The number of rotatable bonds is 2. The van der Waals surface area contributed by atoms with E-state index in [2.05, 4.69) is 30.1 Å². The van der Waals surface area contributed by atoms with Crippen molar-refractivity contribution in [1.29, 1.82) is 0 Å². The number of aromatic nitrogens is 1. The predicted molar refractivity (Wildman–Crippen MR) is 104 cm³/mol. The lowest BCUT2D eigenvalue weighted by molar-refractivity contribution is -0.137. The SMILES string of the molecule is CCOC(=O)N1CCN(C(=O)C2CCc3[nH]c4ccc(C)cc4c3C2)CC1. The zero-order valence-corrected chi connectivity index (χ0v) is 16.1. The first-order valence-corrected chi connectivity index (χ1v) is 9.87. The van der Waals surface area contributed by atoms with E-state index in [4.69, 9.17) is 4.74 Å². The summed E-state index contributed by atoms with van der Waals surface area (Å²) in [6, 6.07) is 6.47. The monoisotopic (exact) mass is 369 g/mol. The van der Waals surface area contributed by atoms with Crippen molar-refractivity contribution in [3.05, 3.63) is 35.0 Å². The van der Waals surface area contributed by atoms with E-state index in [1.54, 1.807) is 11.8 Å². The number of hydrogen-bond donors (Lipinski definition) is 1. The van der Waals surface area contributed by atoms with Crippen LogP contribution in [0.1, 0.15) is 30.2 Å². The molecule has 1 aliphatic carbocycles. The number of aromatic amines is 1. The number of benzene rings is 1. The average Bonchev–Trinajstić information content (AvgIpc) is 3.05. The van der Waals surface area contributed by atoms with E-state index in [1.165, 1.54) is 27.7 Å². The molecule has 144 valence electrons. The molecule has 2 heterocycles. The van der Waals surface area contributed by atoms with Crippen molar-refractivity contribution in [3.63, 3.8) is 0 Å². The molecule has 1 fully saturated rings. The van der Waals surface area contributed by atoms with Crippen LogP contribution in [0.25, 0.3) is 10.9 Å². The molecule has 1 aromatic carbocycles. The molecule has 0 radical (unpaired) electrons. The van der Waals surface area contributed by atoms with E-state index in [0.29, 0.717) is 32.8 Å². The van der Waals surface area contributed by atoms with Gasteiger partial charge in [0.25, 0.3) is 0 Å². The van der Waals surface area contributed by atoms with Crippen LogP contribution in [-0.2, 0) is 22.4 Å². The molecule has 6 heteroatoms. The van der Waals surface area contributed by atoms with Crippen LogP contribution in [-0.4, -0.2) is 59.6 Å². The fourth-order valence-electron chi connectivity index (χ4n) is 4.32. The molecular weight excluding hydrogens is 342 g/mol. The highest BCUT2D eigenvalue weighted by molar-refractivity contribution is 5.87. The second-order valence-corrected chi connectivity index (χ2v) is 7.58. The summed E-state index contributed by atoms with van der Waals surface area (Å²) in [7, 11) is 0. The summed E-state index contributed by atoms with van der Waals surface area (Å²) in [5.41, 5.74) is 5.00. The number of carbonyl (C=O) groups excluding carboxylic acids is 2. The molecule has 27 heavy (non-hydrogen) atoms.